The van der Waals surface area contributed by atoms with E-state index in [0.29, 0.717) is 23.7 Å². The first-order valence-electron chi connectivity index (χ1n) is 6.18. The summed E-state index contributed by atoms with van der Waals surface area (Å²) >= 11 is 0. The lowest BCUT2D eigenvalue weighted by atomic mass is 10.3. The van der Waals surface area contributed by atoms with Gasteiger partial charge in [-0.1, -0.05) is 19.1 Å². The van der Waals surface area contributed by atoms with Crippen LogP contribution in [0.5, 0.6) is 0 Å². The van der Waals surface area contributed by atoms with Gasteiger partial charge in [0.25, 0.3) is 0 Å². The lowest BCUT2D eigenvalue weighted by Crippen LogP contribution is -2.21. The Balaban J connectivity index is 2.84. The first kappa shape index (κ1) is 15.0. The van der Waals surface area contributed by atoms with Crippen LogP contribution >= 0.6 is 0 Å². The van der Waals surface area contributed by atoms with E-state index in [1.807, 2.05) is 19.9 Å². The Kier molecular flexibility index (Phi) is 5.62. The van der Waals surface area contributed by atoms with Crippen LogP contribution < -0.4 is 5.32 Å². The lowest BCUT2D eigenvalue weighted by molar-refractivity contribution is 0.0855. The minimum atomic E-state index is -3.19. The molecule has 18 heavy (non-hydrogen) atoms. The van der Waals surface area contributed by atoms with Gasteiger partial charge in [0, 0.05) is 13.2 Å². The summed E-state index contributed by atoms with van der Waals surface area (Å²) in [6, 6.07) is 6.97. The molecule has 1 N–H and O–H groups in total. The maximum atomic E-state index is 11.9. The maximum absolute atomic E-state index is 11.9. The van der Waals surface area contributed by atoms with Gasteiger partial charge in [-0.05, 0) is 26.0 Å². The molecule has 0 amide bonds. The van der Waals surface area contributed by atoms with Crippen LogP contribution in [0.4, 0.5) is 5.69 Å². The zero-order valence-corrected chi connectivity index (χ0v) is 12.0. The van der Waals surface area contributed by atoms with Crippen molar-refractivity contribution in [3.63, 3.8) is 0 Å². The molecule has 5 heteroatoms. The van der Waals surface area contributed by atoms with Gasteiger partial charge in [0.1, 0.15) is 0 Å². The molecule has 102 valence electrons. The van der Waals surface area contributed by atoms with Crippen LogP contribution in [0.3, 0.4) is 0 Å². The zero-order chi connectivity index (χ0) is 13.6. The van der Waals surface area contributed by atoms with E-state index < -0.39 is 9.84 Å². The average Bonchev–Trinajstić information content (AvgIpc) is 2.37. The van der Waals surface area contributed by atoms with Gasteiger partial charge in [-0.25, -0.2) is 8.42 Å². The Bertz CT molecular complexity index is 471. The van der Waals surface area contributed by atoms with Crippen molar-refractivity contribution in [2.75, 3.05) is 24.2 Å². The van der Waals surface area contributed by atoms with E-state index in [9.17, 15) is 8.42 Å². The largest absolute Gasteiger partial charge is 0.381 e. The van der Waals surface area contributed by atoms with Crippen molar-refractivity contribution in [2.24, 2.45) is 0 Å². The van der Waals surface area contributed by atoms with Gasteiger partial charge >= 0.3 is 0 Å². The fourth-order valence-electron chi connectivity index (χ4n) is 1.64. The van der Waals surface area contributed by atoms with Gasteiger partial charge < -0.3 is 10.1 Å². The molecule has 1 rings (SSSR count). The Morgan fingerprint density at radius 2 is 1.94 bits per heavy atom. The molecule has 1 aromatic carbocycles. The molecule has 0 heterocycles. The van der Waals surface area contributed by atoms with Crippen LogP contribution in [-0.2, 0) is 14.6 Å². The van der Waals surface area contributed by atoms with Crippen LogP contribution in [-0.4, -0.2) is 33.4 Å². The zero-order valence-electron chi connectivity index (χ0n) is 11.1. The first-order valence-corrected chi connectivity index (χ1v) is 7.83. The van der Waals surface area contributed by atoms with Crippen molar-refractivity contribution in [2.45, 2.75) is 31.8 Å². The Morgan fingerprint density at radius 1 is 1.28 bits per heavy atom. The second-order valence-corrected chi connectivity index (χ2v) is 6.29. The quantitative estimate of drug-likeness (QED) is 0.827. The smallest absolute Gasteiger partial charge is 0.180 e. The Hall–Kier alpha value is -1.07. The molecule has 0 fully saturated rings. The fraction of sp³-hybridized carbons (Fsp3) is 0.538. The third-order valence-corrected chi connectivity index (χ3v) is 4.42. The van der Waals surface area contributed by atoms with E-state index in [1.165, 1.54) is 0 Å². The summed E-state index contributed by atoms with van der Waals surface area (Å²) in [6.45, 7) is 6.77. The minimum absolute atomic E-state index is 0.0485. The topological polar surface area (TPSA) is 55.4 Å². The molecule has 0 aliphatic heterocycles. The van der Waals surface area contributed by atoms with Crippen LogP contribution in [0.15, 0.2) is 29.2 Å². The SMILES string of the molecule is CCOC(C)CNc1ccccc1S(=O)(=O)CC. The third-order valence-electron chi connectivity index (χ3n) is 2.63. The molecule has 1 atom stereocenters. The first-order chi connectivity index (χ1) is 8.51. The molecule has 0 spiro atoms. The molecular formula is C13H21NO3S. The second kappa shape index (κ2) is 6.75. The van der Waals surface area contributed by atoms with Crippen molar-refractivity contribution in [1.82, 2.24) is 0 Å². The Labute approximate surface area is 109 Å². The molecular weight excluding hydrogens is 250 g/mol. The highest BCUT2D eigenvalue weighted by atomic mass is 32.2. The number of sulfone groups is 1. The molecule has 0 radical (unpaired) electrons. The van der Waals surface area contributed by atoms with E-state index in [4.69, 9.17) is 4.74 Å². The number of rotatable bonds is 7. The minimum Gasteiger partial charge on any atom is -0.381 e. The standard InChI is InChI=1S/C13H21NO3S/c1-4-17-11(3)10-14-12-8-6-7-9-13(12)18(15,16)5-2/h6-9,11,14H,4-5,10H2,1-3H3. The number of para-hydroxylation sites is 1. The monoisotopic (exact) mass is 271 g/mol. The molecule has 0 saturated heterocycles. The van der Waals surface area contributed by atoms with Crippen LogP contribution in [0.25, 0.3) is 0 Å². The maximum Gasteiger partial charge on any atom is 0.180 e. The fourth-order valence-corrected chi connectivity index (χ4v) is 2.71. The van der Waals surface area contributed by atoms with Crippen molar-refractivity contribution in [3.05, 3.63) is 24.3 Å². The molecule has 0 aliphatic rings. The summed E-state index contributed by atoms with van der Waals surface area (Å²) in [4.78, 5) is 0.358. The van der Waals surface area contributed by atoms with Crippen LogP contribution in [0.1, 0.15) is 20.8 Å². The lowest BCUT2D eigenvalue weighted by Gasteiger charge is -2.15. The van der Waals surface area contributed by atoms with E-state index in [1.54, 1.807) is 25.1 Å². The van der Waals surface area contributed by atoms with Gasteiger partial charge in [-0.3, -0.25) is 0 Å². The molecule has 0 bridgehead atoms. The number of nitrogens with one attached hydrogen (secondary N) is 1. The molecule has 1 aromatic rings. The normalized spacial score (nSPS) is 13.3. The number of benzene rings is 1. The highest BCUT2D eigenvalue weighted by Gasteiger charge is 2.16. The van der Waals surface area contributed by atoms with E-state index in [2.05, 4.69) is 5.32 Å². The van der Waals surface area contributed by atoms with Crippen LogP contribution in [0.2, 0.25) is 0 Å². The van der Waals surface area contributed by atoms with Gasteiger partial charge in [0.05, 0.1) is 22.4 Å². The van der Waals surface area contributed by atoms with Gasteiger partial charge in [-0.2, -0.15) is 0 Å². The highest BCUT2D eigenvalue weighted by molar-refractivity contribution is 7.91. The van der Waals surface area contributed by atoms with E-state index in [-0.39, 0.29) is 11.9 Å². The number of hydrogen-bond acceptors (Lipinski definition) is 4. The molecule has 1 unspecified atom stereocenters. The number of ether oxygens (including phenoxy) is 1. The number of hydrogen-bond donors (Lipinski definition) is 1. The summed E-state index contributed by atoms with van der Waals surface area (Å²) in [5, 5.41) is 3.13. The van der Waals surface area contributed by atoms with E-state index in [0.717, 1.165) is 0 Å². The molecule has 0 aliphatic carbocycles. The van der Waals surface area contributed by atoms with Crippen molar-refractivity contribution < 1.29 is 13.2 Å². The molecule has 0 aromatic heterocycles. The van der Waals surface area contributed by atoms with E-state index >= 15 is 0 Å². The van der Waals surface area contributed by atoms with Crippen molar-refractivity contribution >= 4 is 15.5 Å². The van der Waals surface area contributed by atoms with Crippen molar-refractivity contribution in [3.8, 4) is 0 Å². The van der Waals surface area contributed by atoms with Crippen molar-refractivity contribution in [1.29, 1.82) is 0 Å². The van der Waals surface area contributed by atoms with Crippen LogP contribution in [0, 0.1) is 0 Å². The summed E-state index contributed by atoms with van der Waals surface area (Å²) in [5.74, 6) is 0.104. The molecule has 4 nitrogen and oxygen atoms in total. The summed E-state index contributed by atoms with van der Waals surface area (Å²) < 4.78 is 29.2. The summed E-state index contributed by atoms with van der Waals surface area (Å²) in [6.07, 6.45) is 0.0485. The van der Waals surface area contributed by atoms with Gasteiger partial charge in [0.15, 0.2) is 9.84 Å². The third kappa shape index (κ3) is 3.99. The number of anilines is 1. The summed E-state index contributed by atoms with van der Waals surface area (Å²) in [5.41, 5.74) is 0.644. The highest BCUT2D eigenvalue weighted by Crippen LogP contribution is 2.21. The second-order valence-electron chi connectivity index (χ2n) is 4.05. The van der Waals surface area contributed by atoms with Gasteiger partial charge in [-0.15, -0.1) is 0 Å². The predicted molar refractivity (Wildman–Crippen MR) is 73.7 cm³/mol. The summed E-state index contributed by atoms with van der Waals surface area (Å²) in [7, 11) is -3.19. The molecule has 0 saturated carbocycles. The Morgan fingerprint density at radius 3 is 2.56 bits per heavy atom. The average molecular weight is 271 g/mol. The van der Waals surface area contributed by atoms with Gasteiger partial charge in [0.2, 0.25) is 0 Å². The predicted octanol–water partition coefficient (Wildman–Crippen LogP) is 2.32.